The fourth-order valence-electron chi connectivity index (χ4n) is 3.67. The van der Waals surface area contributed by atoms with Crippen molar-refractivity contribution in [1.82, 2.24) is 4.90 Å². The highest BCUT2D eigenvalue weighted by atomic mass is 16.2. The second-order valence-corrected chi connectivity index (χ2v) is 7.58. The lowest BCUT2D eigenvalue weighted by atomic mass is 10.0. The molecular formula is C24H25N3O2. The van der Waals surface area contributed by atoms with Gasteiger partial charge in [0, 0.05) is 36.8 Å². The SMILES string of the molecule is NC(=O)c1ccc(NC(=O)CCN(Cc2cccc3ccccc23)C2CC2)cc1. The zero-order valence-electron chi connectivity index (χ0n) is 16.3. The van der Waals surface area contributed by atoms with E-state index in [1.165, 1.54) is 29.2 Å². The number of rotatable bonds is 8. The van der Waals surface area contributed by atoms with E-state index in [0.717, 1.165) is 13.1 Å². The number of anilines is 1. The molecule has 0 bridgehead atoms. The van der Waals surface area contributed by atoms with Crippen LogP contribution in [0.1, 0.15) is 35.2 Å². The maximum absolute atomic E-state index is 12.4. The van der Waals surface area contributed by atoms with Crippen molar-refractivity contribution in [1.29, 1.82) is 0 Å². The molecule has 0 aliphatic heterocycles. The van der Waals surface area contributed by atoms with Gasteiger partial charge in [0.05, 0.1) is 0 Å². The molecule has 3 aromatic carbocycles. The van der Waals surface area contributed by atoms with E-state index in [2.05, 4.69) is 52.7 Å². The van der Waals surface area contributed by atoms with Crippen molar-refractivity contribution in [2.45, 2.75) is 31.8 Å². The summed E-state index contributed by atoms with van der Waals surface area (Å²) in [6.45, 7) is 1.58. The highest BCUT2D eigenvalue weighted by Gasteiger charge is 2.29. The topological polar surface area (TPSA) is 75.4 Å². The summed E-state index contributed by atoms with van der Waals surface area (Å²) in [6.07, 6.45) is 2.82. The third-order valence-electron chi connectivity index (χ3n) is 5.40. The first-order valence-electron chi connectivity index (χ1n) is 10.0. The number of hydrogen-bond donors (Lipinski definition) is 2. The molecule has 1 aliphatic rings. The van der Waals surface area contributed by atoms with Gasteiger partial charge in [0.25, 0.3) is 0 Å². The van der Waals surface area contributed by atoms with E-state index in [4.69, 9.17) is 5.73 Å². The Labute approximate surface area is 170 Å². The van der Waals surface area contributed by atoms with Crippen molar-refractivity contribution in [3.05, 3.63) is 77.9 Å². The zero-order valence-corrected chi connectivity index (χ0v) is 16.3. The van der Waals surface area contributed by atoms with E-state index >= 15 is 0 Å². The molecule has 3 aromatic rings. The summed E-state index contributed by atoms with van der Waals surface area (Å²) in [6, 6.07) is 22.1. The van der Waals surface area contributed by atoms with Gasteiger partial charge in [-0.05, 0) is 53.4 Å². The number of nitrogens with one attached hydrogen (secondary N) is 1. The van der Waals surface area contributed by atoms with Gasteiger partial charge in [-0.3, -0.25) is 14.5 Å². The molecule has 0 heterocycles. The molecule has 0 spiro atoms. The number of nitrogens with zero attached hydrogens (tertiary/aromatic N) is 1. The van der Waals surface area contributed by atoms with Gasteiger partial charge in [-0.15, -0.1) is 0 Å². The molecule has 5 nitrogen and oxygen atoms in total. The van der Waals surface area contributed by atoms with Crippen LogP contribution in [0.15, 0.2) is 66.7 Å². The zero-order chi connectivity index (χ0) is 20.2. The minimum atomic E-state index is -0.476. The number of carbonyl (C=O) groups excluding carboxylic acids is 2. The molecular weight excluding hydrogens is 362 g/mol. The van der Waals surface area contributed by atoms with Gasteiger partial charge < -0.3 is 11.1 Å². The molecule has 3 N–H and O–H groups in total. The number of primary amides is 1. The number of carbonyl (C=O) groups is 2. The Morgan fingerprint density at radius 2 is 1.69 bits per heavy atom. The molecule has 5 heteroatoms. The Bertz CT molecular complexity index is 1020. The average Bonchev–Trinajstić information content (AvgIpc) is 3.57. The van der Waals surface area contributed by atoms with Crippen LogP contribution in [0.5, 0.6) is 0 Å². The van der Waals surface area contributed by atoms with Crippen LogP contribution in [0.25, 0.3) is 10.8 Å². The average molecular weight is 387 g/mol. The van der Waals surface area contributed by atoms with E-state index in [-0.39, 0.29) is 5.91 Å². The fraction of sp³-hybridized carbons (Fsp3) is 0.250. The van der Waals surface area contributed by atoms with E-state index < -0.39 is 5.91 Å². The van der Waals surface area contributed by atoms with Crippen LogP contribution in [0.3, 0.4) is 0 Å². The molecule has 2 amide bonds. The van der Waals surface area contributed by atoms with E-state index in [1.807, 2.05) is 0 Å². The first-order chi connectivity index (χ1) is 14.1. The molecule has 0 atom stereocenters. The largest absolute Gasteiger partial charge is 0.366 e. The van der Waals surface area contributed by atoms with Crippen molar-refractivity contribution in [2.24, 2.45) is 5.73 Å². The van der Waals surface area contributed by atoms with Crippen LogP contribution in [0.2, 0.25) is 0 Å². The van der Waals surface area contributed by atoms with Crippen LogP contribution in [0.4, 0.5) is 5.69 Å². The monoisotopic (exact) mass is 387 g/mol. The van der Waals surface area contributed by atoms with Crippen molar-refractivity contribution in [3.8, 4) is 0 Å². The number of hydrogen-bond acceptors (Lipinski definition) is 3. The molecule has 1 fully saturated rings. The van der Waals surface area contributed by atoms with E-state index in [9.17, 15) is 9.59 Å². The van der Waals surface area contributed by atoms with Gasteiger partial charge in [-0.1, -0.05) is 42.5 Å². The lowest BCUT2D eigenvalue weighted by Crippen LogP contribution is -2.29. The number of benzene rings is 3. The molecule has 1 saturated carbocycles. The molecule has 0 aromatic heterocycles. The summed E-state index contributed by atoms with van der Waals surface area (Å²) in [5.41, 5.74) is 7.65. The van der Waals surface area contributed by atoms with Gasteiger partial charge in [0.2, 0.25) is 11.8 Å². The normalized spacial score (nSPS) is 13.6. The van der Waals surface area contributed by atoms with Crippen LogP contribution in [0, 0.1) is 0 Å². The first kappa shape index (κ1) is 19.2. The van der Waals surface area contributed by atoms with Crippen molar-refractivity contribution < 1.29 is 9.59 Å². The standard InChI is InChI=1S/C24H25N3O2/c25-24(29)18-8-10-20(11-9-18)26-23(28)14-15-27(21-12-13-21)16-19-6-3-5-17-4-1-2-7-22(17)19/h1-11,21H,12-16H2,(H2,25,29)(H,26,28). The van der Waals surface area contributed by atoms with Crippen LogP contribution >= 0.6 is 0 Å². The van der Waals surface area contributed by atoms with E-state index in [0.29, 0.717) is 23.7 Å². The minimum Gasteiger partial charge on any atom is -0.366 e. The minimum absolute atomic E-state index is 0.0274. The third kappa shape index (κ3) is 4.81. The Hall–Kier alpha value is -3.18. The highest BCUT2D eigenvalue weighted by Crippen LogP contribution is 2.30. The van der Waals surface area contributed by atoms with Crippen molar-refractivity contribution in [2.75, 3.05) is 11.9 Å². The molecule has 1 aliphatic carbocycles. The Kier molecular flexibility index (Phi) is 5.58. The van der Waals surface area contributed by atoms with Crippen molar-refractivity contribution >= 4 is 28.3 Å². The van der Waals surface area contributed by atoms with Crippen LogP contribution < -0.4 is 11.1 Å². The van der Waals surface area contributed by atoms with Gasteiger partial charge in [-0.2, -0.15) is 0 Å². The molecule has 0 radical (unpaired) electrons. The number of amides is 2. The molecule has 0 saturated heterocycles. The smallest absolute Gasteiger partial charge is 0.248 e. The summed E-state index contributed by atoms with van der Waals surface area (Å²) in [5, 5.41) is 5.42. The van der Waals surface area contributed by atoms with E-state index in [1.54, 1.807) is 24.3 Å². The second-order valence-electron chi connectivity index (χ2n) is 7.58. The second kappa shape index (κ2) is 8.45. The predicted octanol–water partition coefficient (Wildman–Crippen LogP) is 3.93. The molecule has 0 unspecified atom stereocenters. The summed E-state index contributed by atoms with van der Waals surface area (Å²) in [4.78, 5) is 26.0. The summed E-state index contributed by atoms with van der Waals surface area (Å²) in [5.74, 6) is -0.503. The lowest BCUT2D eigenvalue weighted by Gasteiger charge is -2.22. The Balaban J connectivity index is 1.37. The Morgan fingerprint density at radius 1 is 0.966 bits per heavy atom. The summed E-state index contributed by atoms with van der Waals surface area (Å²) in [7, 11) is 0. The third-order valence-corrected chi connectivity index (χ3v) is 5.40. The molecule has 29 heavy (non-hydrogen) atoms. The predicted molar refractivity (Wildman–Crippen MR) is 116 cm³/mol. The van der Waals surface area contributed by atoms with Crippen LogP contribution in [-0.4, -0.2) is 29.3 Å². The van der Waals surface area contributed by atoms with Gasteiger partial charge in [-0.25, -0.2) is 0 Å². The summed E-state index contributed by atoms with van der Waals surface area (Å²) >= 11 is 0. The van der Waals surface area contributed by atoms with Gasteiger partial charge >= 0.3 is 0 Å². The first-order valence-corrected chi connectivity index (χ1v) is 10.0. The highest BCUT2D eigenvalue weighted by molar-refractivity contribution is 5.94. The fourth-order valence-corrected chi connectivity index (χ4v) is 3.67. The molecule has 4 rings (SSSR count). The quantitative estimate of drug-likeness (QED) is 0.615. The lowest BCUT2D eigenvalue weighted by molar-refractivity contribution is -0.116. The van der Waals surface area contributed by atoms with Crippen LogP contribution in [-0.2, 0) is 11.3 Å². The van der Waals surface area contributed by atoms with Gasteiger partial charge in [0.1, 0.15) is 0 Å². The van der Waals surface area contributed by atoms with Crippen molar-refractivity contribution in [3.63, 3.8) is 0 Å². The number of nitrogens with two attached hydrogens (primary N) is 1. The number of fused-ring (bicyclic) bond motifs is 1. The molecule has 148 valence electrons. The maximum Gasteiger partial charge on any atom is 0.248 e. The summed E-state index contributed by atoms with van der Waals surface area (Å²) < 4.78 is 0. The maximum atomic E-state index is 12.4. The van der Waals surface area contributed by atoms with Gasteiger partial charge in [0.15, 0.2) is 0 Å². The Morgan fingerprint density at radius 3 is 2.41 bits per heavy atom.